The molecule has 1 aromatic carbocycles. The van der Waals surface area contributed by atoms with Crippen LogP contribution in [0.5, 0.6) is 0 Å². The number of hydrogen-bond acceptors (Lipinski definition) is 2. The quantitative estimate of drug-likeness (QED) is 0.689. The van der Waals surface area contributed by atoms with Gasteiger partial charge in [-0.05, 0) is 18.6 Å². The fourth-order valence-corrected chi connectivity index (χ4v) is 2.63. The first-order valence-corrected chi connectivity index (χ1v) is 6.70. The molecule has 0 saturated heterocycles. The highest BCUT2D eigenvalue weighted by Crippen LogP contribution is 2.22. The number of fused-ring (bicyclic) bond motifs is 1. The number of aryl methyl sites for hydroxylation is 2. The molecule has 0 fully saturated rings. The Balaban J connectivity index is 2.15. The van der Waals surface area contributed by atoms with Crippen LogP contribution in [0.3, 0.4) is 0 Å². The van der Waals surface area contributed by atoms with E-state index in [4.69, 9.17) is 11.6 Å². The standard InChI is InChI=1S/C14H15ClN4/c1-10-4-3-5-12-14(10)19(13(6-15)17-12)9-11-7-16-18(2)8-11/h3-5,7-8H,6,9H2,1-2H3. The van der Waals surface area contributed by atoms with Crippen molar-refractivity contribution in [3.05, 3.63) is 47.5 Å². The molecule has 0 spiro atoms. The molecule has 2 heterocycles. The van der Waals surface area contributed by atoms with E-state index in [0.29, 0.717) is 5.88 Å². The Kier molecular flexibility index (Phi) is 3.03. The molecule has 0 atom stereocenters. The number of para-hydroxylation sites is 1. The summed E-state index contributed by atoms with van der Waals surface area (Å²) >= 11 is 6.02. The maximum Gasteiger partial charge on any atom is 0.125 e. The maximum atomic E-state index is 6.02. The summed E-state index contributed by atoms with van der Waals surface area (Å²) in [7, 11) is 1.92. The predicted octanol–water partition coefficient (Wildman–Crippen LogP) is 2.87. The lowest BCUT2D eigenvalue weighted by molar-refractivity contribution is 0.758. The van der Waals surface area contributed by atoms with Crippen molar-refractivity contribution in [1.29, 1.82) is 0 Å². The van der Waals surface area contributed by atoms with E-state index >= 15 is 0 Å². The summed E-state index contributed by atoms with van der Waals surface area (Å²) in [6, 6.07) is 6.15. The van der Waals surface area contributed by atoms with Crippen molar-refractivity contribution < 1.29 is 0 Å². The maximum absolute atomic E-state index is 6.02. The lowest BCUT2D eigenvalue weighted by Crippen LogP contribution is -2.04. The Morgan fingerprint density at radius 3 is 2.84 bits per heavy atom. The summed E-state index contributed by atoms with van der Waals surface area (Å²) in [6.07, 6.45) is 3.89. The van der Waals surface area contributed by atoms with E-state index in [1.54, 1.807) is 0 Å². The number of nitrogens with zero attached hydrogens (tertiary/aromatic N) is 4. The average molecular weight is 275 g/mol. The first-order chi connectivity index (χ1) is 9.19. The molecule has 98 valence electrons. The highest BCUT2D eigenvalue weighted by molar-refractivity contribution is 6.16. The molecule has 0 amide bonds. The van der Waals surface area contributed by atoms with E-state index in [-0.39, 0.29) is 0 Å². The normalized spacial score (nSPS) is 11.3. The smallest absolute Gasteiger partial charge is 0.125 e. The van der Waals surface area contributed by atoms with Crippen LogP contribution in [0.15, 0.2) is 30.6 Å². The van der Waals surface area contributed by atoms with Crippen molar-refractivity contribution >= 4 is 22.6 Å². The van der Waals surface area contributed by atoms with Gasteiger partial charge in [0.2, 0.25) is 0 Å². The molecule has 4 nitrogen and oxygen atoms in total. The third kappa shape index (κ3) is 2.12. The first kappa shape index (κ1) is 12.2. The van der Waals surface area contributed by atoms with Gasteiger partial charge in [0.05, 0.1) is 29.7 Å². The van der Waals surface area contributed by atoms with Gasteiger partial charge in [0.25, 0.3) is 0 Å². The number of hydrogen-bond donors (Lipinski definition) is 0. The van der Waals surface area contributed by atoms with E-state index in [1.807, 2.05) is 36.3 Å². The summed E-state index contributed by atoms with van der Waals surface area (Å²) in [6.45, 7) is 2.85. The molecular formula is C14H15ClN4. The number of aromatic nitrogens is 4. The molecule has 3 rings (SSSR count). The second-order valence-corrected chi connectivity index (χ2v) is 4.98. The topological polar surface area (TPSA) is 35.6 Å². The summed E-state index contributed by atoms with van der Waals surface area (Å²) in [4.78, 5) is 4.60. The Morgan fingerprint density at radius 1 is 1.32 bits per heavy atom. The van der Waals surface area contributed by atoms with Crippen molar-refractivity contribution in [2.45, 2.75) is 19.3 Å². The molecule has 0 N–H and O–H groups in total. The van der Waals surface area contributed by atoms with Crippen LogP contribution >= 0.6 is 11.6 Å². The van der Waals surface area contributed by atoms with Crippen LogP contribution in [0.4, 0.5) is 0 Å². The molecule has 0 unspecified atom stereocenters. The van der Waals surface area contributed by atoms with Crippen molar-refractivity contribution in [3.63, 3.8) is 0 Å². The van der Waals surface area contributed by atoms with Gasteiger partial charge in [-0.1, -0.05) is 12.1 Å². The van der Waals surface area contributed by atoms with Gasteiger partial charge in [-0.15, -0.1) is 11.6 Å². The van der Waals surface area contributed by atoms with Crippen molar-refractivity contribution in [2.24, 2.45) is 7.05 Å². The Morgan fingerprint density at radius 2 is 2.16 bits per heavy atom. The van der Waals surface area contributed by atoms with Crippen LogP contribution in [0.25, 0.3) is 11.0 Å². The van der Waals surface area contributed by atoms with Gasteiger partial charge in [0.15, 0.2) is 0 Å². The van der Waals surface area contributed by atoms with Gasteiger partial charge in [-0.3, -0.25) is 4.68 Å². The zero-order chi connectivity index (χ0) is 13.4. The Hall–Kier alpha value is -1.81. The van der Waals surface area contributed by atoms with Gasteiger partial charge in [0, 0.05) is 18.8 Å². The molecule has 0 aliphatic carbocycles. The third-order valence-electron chi connectivity index (χ3n) is 3.27. The van der Waals surface area contributed by atoms with Crippen LogP contribution in [0, 0.1) is 6.92 Å². The molecule has 3 aromatic rings. The molecule has 5 heteroatoms. The zero-order valence-electron chi connectivity index (χ0n) is 11.0. The summed E-state index contributed by atoms with van der Waals surface area (Å²) in [5.74, 6) is 1.31. The minimum absolute atomic E-state index is 0.411. The number of halogens is 1. The van der Waals surface area contributed by atoms with Crippen molar-refractivity contribution in [2.75, 3.05) is 0 Å². The fourth-order valence-electron chi connectivity index (χ4n) is 2.42. The minimum atomic E-state index is 0.411. The molecule has 0 saturated carbocycles. The Bertz CT molecular complexity index is 726. The molecule has 0 bridgehead atoms. The van der Waals surface area contributed by atoms with Gasteiger partial charge in [0.1, 0.15) is 5.82 Å². The zero-order valence-corrected chi connectivity index (χ0v) is 11.7. The largest absolute Gasteiger partial charge is 0.322 e. The third-order valence-corrected chi connectivity index (χ3v) is 3.51. The van der Waals surface area contributed by atoms with Crippen LogP contribution in [-0.4, -0.2) is 19.3 Å². The highest BCUT2D eigenvalue weighted by Gasteiger charge is 2.12. The van der Waals surface area contributed by atoms with E-state index in [1.165, 1.54) is 5.56 Å². The van der Waals surface area contributed by atoms with Crippen LogP contribution in [0.2, 0.25) is 0 Å². The van der Waals surface area contributed by atoms with E-state index < -0.39 is 0 Å². The lowest BCUT2D eigenvalue weighted by atomic mass is 10.2. The van der Waals surface area contributed by atoms with E-state index in [9.17, 15) is 0 Å². The summed E-state index contributed by atoms with van der Waals surface area (Å²) in [5.41, 5.74) is 4.52. The van der Waals surface area contributed by atoms with Gasteiger partial charge in [-0.25, -0.2) is 4.98 Å². The second kappa shape index (κ2) is 4.70. The average Bonchev–Trinajstić information content (AvgIpc) is 2.95. The molecular weight excluding hydrogens is 260 g/mol. The molecule has 19 heavy (non-hydrogen) atoms. The van der Waals surface area contributed by atoms with Crippen molar-refractivity contribution in [1.82, 2.24) is 19.3 Å². The fraction of sp³-hybridized carbons (Fsp3) is 0.286. The first-order valence-electron chi connectivity index (χ1n) is 6.17. The summed E-state index contributed by atoms with van der Waals surface area (Å²) in [5, 5.41) is 4.21. The minimum Gasteiger partial charge on any atom is -0.322 e. The Labute approximate surface area is 116 Å². The van der Waals surface area contributed by atoms with E-state index in [0.717, 1.165) is 29.0 Å². The van der Waals surface area contributed by atoms with Crippen LogP contribution < -0.4 is 0 Å². The monoisotopic (exact) mass is 274 g/mol. The lowest BCUT2D eigenvalue weighted by Gasteiger charge is -2.07. The predicted molar refractivity (Wildman–Crippen MR) is 76.3 cm³/mol. The van der Waals surface area contributed by atoms with Crippen LogP contribution in [-0.2, 0) is 19.5 Å². The second-order valence-electron chi connectivity index (χ2n) is 4.71. The number of benzene rings is 1. The van der Waals surface area contributed by atoms with E-state index in [2.05, 4.69) is 27.6 Å². The molecule has 0 aliphatic rings. The summed E-state index contributed by atoms with van der Waals surface area (Å²) < 4.78 is 3.98. The molecule has 0 radical (unpaired) electrons. The number of alkyl halides is 1. The SMILES string of the molecule is Cc1cccc2nc(CCl)n(Cc3cnn(C)c3)c12. The van der Waals surface area contributed by atoms with Crippen molar-refractivity contribution in [3.8, 4) is 0 Å². The van der Waals surface area contributed by atoms with Crippen LogP contribution in [0.1, 0.15) is 17.0 Å². The molecule has 0 aliphatic heterocycles. The van der Waals surface area contributed by atoms with Gasteiger partial charge < -0.3 is 4.57 Å². The van der Waals surface area contributed by atoms with Gasteiger partial charge >= 0.3 is 0 Å². The number of imidazole rings is 1. The van der Waals surface area contributed by atoms with Gasteiger partial charge in [-0.2, -0.15) is 5.10 Å². The highest BCUT2D eigenvalue weighted by atomic mass is 35.5. The number of rotatable bonds is 3. The molecule has 2 aromatic heterocycles.